The van der Waals surface area contributed by atoms with Crippen LogP contribution in [0.25, 0.3) is 0 Å². The summed E-state index contributed by atoms with van der Waals surface area (Å²) in [6.07, 6.45) is 0. The average molecular weight is 176 g/mol. The summed E-state index contributed by atoms with van der Waals surface area (Å²) in [6.45, 7) is 0. The van der Waals surface area contributed by atoms with Crippen LogP contribution in [0.4, 0.5) is 0 Å². The first kappa shape index (κ1) is 16.0. The molecule has 10 heavy (non-hydrogen) atoms. The standard InChI is InChI=1S/H2N2O5S.2H3N/c3-1-2(4)8(5,6)7;;/h3H,(H,5,6,7);2*1H3. The third-order valence-corrected chi connectivity index (χ3v) is 0.738. The van der Waals surface area contributed by atoms with E-state index in [-0.39, 0.29) is 12.3 Å². The second-order valence-corrected chi connectivity index (χ2v) is 1.98. The predicted molar refractivity (Wildman–Crippen MR) is 29.4 cm³/mol. The molecule has 0 unspecified atom stereocenters. The third kappa shape index (κ3) is 5.17. The van der Waals surface area contributed by atoms with Gasteiger partial charge in [0.1, 0.15) is 0 Å². The molecule has 0 spiro atoms. The van der Waals surface area contributed by atoms with Crippen molar-refractivity contribution in [1.82, 2.24) is 12.3 Å². The Hall–Kier alpha value is -0.970. The van der Waals surface area contributed by atoms with E-state index in [1.807, 2.05) is 0 Å². The molecule has 0 saturated heterocycles. The van der Waals surface area contributed by atoms with E-state index in [1.54, 1.807) is 5.28 Å². The normalized spacial score (nSPS) is 11.1. The number of nitrogens with zero attached hydrogens (tertiary/aromatic N) is 2. The Kier molecular flexibility index (Phi) is 7.79. The van der Waals surface area contributed by atoms with Gasteiger partial charge < -0.3 is 22.7 Å². The Morgan fingerprint density at radius 2 is 1.70 bits per heavy atom. The van der Waals surface area contributed by atoms with Crippen molar-refractivity contribution in [2.24, 2.45) is 5.28 Å². The van der Waals surface area contributed by atoms with Crippen LogP contribution in [0.1, 0.15) is 0 Å². The van der Waals surface area contributed by atoms with Gasteiger partial charge in [0.05, 0.1) is 4.27 Å². The maximum absolute atomic E-state index is 9.50. The van der Waals surface area contributed by atoms with Crippen molar-refractivity contribution in [3.05, 3.63) is 5.21 Å². The van der Waals surface area contributed by atoms with Crippen LogP contribution in [0.15, 0.2) is 5.28 Å². The molecule has 0 aromatic carbocycles. The molecule has 10 heteroatoms. The summed E-state index contributed by atoms with van der Waals surface area (Å²) in [7, 11) is -4.89. The zero-order chi connectivity index (χ0) is 6.78. The highest BCUT2D eigenvalue weighted by molar-refractivity contribution is 7.79. The Labute approximate surface area is 56.6 Å². The molecule has 0 amide bonds. The van der Waals surface area contributed by atoms with Crippen molar-refractivity contribution in [1.29, 1.82) is 0 Å². The minimum atomic E-state index is -4.89. The lowest BCUT2D eigenvalue weighted by molar-refractivity contribution is -0.412. The van der Waals surface area contributed by atoms with E-state index in [0.29, 0.717) is 0 Å². The molecule has 0 saturated carbocycles. The molecule has 0 aliphatic rings. The largest absolute Gasteiger partial charge is 0.579 e. The van der Waals surface area contributed by atoms with Crippen LogP contribution in [0, 0.1) is 5.21 Å². The SMILES string of the molecule is N.N.O=S(=O)(O)[N+]([O-])=NO. The van der Waals surface area contributed by atoms with Crippen LogP contribution in [0.5, 0.6) is 0 Å². The molecule has 0 aromatic rings. The minimum Gasteiger partial charge on any atom is -0.579 e. The smallest absolute Gasteiger partial charge is 0.546 e. The quantitative estimate of drug-likeness (QED) is 0.179. The van der Waals surface area contributed by atoms with Crippen molar-refractivity contribution >= 4 is 10.3 Å². The van der Waals surface area contributed by atoms with E-state index < -0.39 is 14.6 Å². The minimum absolute atomic E-state index is 0. The Bertz CT molecular complexity index is 190. The van der Waals surface area contributed by atoms with Gasteiger partial charge in [-0.05, 0) is 0 Å². The van der Waals surface area contributed by atoms with Gasteiger partial charge in [0, 0.05) is 0 Å². The Morgan fingerprint density at radius 3 is 1.70 bits per heavy atom. The molecular formula is H8N4O5S. The average Bonchev–Trinajstić information content (AvgIpc) is 1.62. The first-order valence-electron chi connectivity index (χ1n) is 1.28. The highest BCUT2D eigenvalue weighted by atomic mass is 32.2. The van der Waals surface area contributed by atoms with Crippen LogP contribution in [-0.2, 0) is 10.3 Å². The summed E-state index contributed by atoms with van der Waals surface area (Å²) in [5.74, 6) is 0. The molecule has 0 atom stereocenters. The molecular weight excluding hydrogens is 168 g/mol. The van der Waals surface area contributed by atoms with E-state index in [9.17, 15) is 13.6 Å². The highest BCUT2D eigenvalue weighted by Crippen LogP contribution is 1.81. The van der Waals surface area contributed by atoms with E-state index in [4.69, 9.17) is 9.76 Å². The van der Waals surface area contributed by atoms with Gasteiger partial charge >= 0.3 is 10.3 Å². The van der Waals surface area contributed by atoms with Crippen LogP contribution in [0.3, 0.4) is 0 Å². The molecule has 0 radical (unpaired) electrons. The van der Waals surface area contributed by atoms with Crippen LogP contribution in [-0.4, -0.2) is 22.4 Å². The van der Waals surface area contributed by atoms with Gasteiger partial charge in [0.2, 0.25) is 5.28 Å². The first-order chi connectivity index (χ1) is 3.48. The van der Waals surface area contributed by atoms with Crippen LogP contribution < -0.4 is 12.3 Å². The van der Waals surface area contributed by atoms with Crippen molar-refractivity contribution in [3.63, 3.8) is 0 Å². The summed E-state index contributed by atoms with van der Waals surface area (Å²) in [5.41, 5.74) is 0. The second kappa shape index (κ2) is 4.87. The zero-order valence-corrected chi connectivity index (χ0v) is 5.65. The summed E-state index contributed by atoms with van der Waals surface area (Å²) in [4.78, 5) is 0. The van der Waals surface area contributed by atoms with Gasteiger partial charge in [-0.3, -0.25) is 0 Å². The molecule has 0 aliphatic carbocycles. The van der Waals surface area contributed by atoms with Crippen molar-refractivity contribution in [3.8, 4) is 0 Å². The van der Waals surface area contributed by atoms with E-state index in [2.05, 4.69) is 0 Å². The Morgan fingerprint density at radius 1 is 1.40 bits per heavy atom. The van der Waals surface area contributed by atoms with Crippen LogP contribution in [0.2, 0.25) is 0 Å². The molecule has 0 heterocycles. The predicted octanol–water partition coefficient (Wildman–Crippen LogP) is -0.535. The van der Waals surface area contributed by atoms with Crippen LogP contribution >= 0.6 is 0 Å². The van der Waals surface area contributed by atoms with Gasteiger partial charge in [-0.15, -0.1) is 8.42 Å². The number of hydrogen-bond acceptors (Lipinski definition) is 6. The topological polar surface area (TPSA) is 183 Å². The maximum Gasteiger partial charge on any atom is 0.546 e. The third-order valence-electron chi connectivity index (χ3n) is 0.270. The van der Waals surface area contributed by atoms with Gasteiger partial charge in [-0.2, -0.15) is 0 Å². The van der Waals surface area contributed by atoms with Crippen molar-refractivity contribution in [2.45, 2.75) is 0 Å². The number of rotatable bonds is 1. The lowest BCUT2D eigenvalue weighted by atomic mass is 12.9. The molecule has 64 valence electrons. The highest BCUT2D eigenvalue weighted by Gasteiger charge is 2.15. The van der Waals surface area contributed by atoms with Gasteiger partial charge in [-0.25, -0.2) is 4.55 Å². The molecule has 9 nitrogen and oxygen atoms in total. The molecule has 0 rings (SSSR count). The van der Waals surface area contributed by atoms with Gasteiger partial charge in [0.15, 0.2) is 0 Å². The lowest BCUT2D eigenvalue weighted by Gasteiger charge is -1.86. The lowest BCUT2D eigenvalue weighted by Crippen LogP contribution is -2.10. The van der Waals surface area contributed by atoms with Crippen molar-refractivity contribution in [2.75, 3.05) is 0 Å². The Balaban J connectivity index is -0.000000245. The fourth-order valence-electron chi connectivity index (χ4n) is 0.0461. The molecule has 0 bridgehead atoms. The first-order valence-corrected chi connectivity index (χ1v) is 2.68. The van der Waals surface area contributed by atoms with Gasteiger partial charge in [0.25, 0.3) is 0 Å². The molecule has 0 aromatic heterocycles. The summed E-state index contributed by atoms with van der Waals surface area (Å²) < 4.78 is 25.3. The second-order valence-electron chi connectivity index (χ2n) is 0.775. The summed E-state index contributed by atoms with van der Waals surface area (Å²) in [6, 6.07) is 0. The van der Waals surface area contributed by atoms with Gasteiger partial charge in [-0.1, -0.05) is 0 Å². The van der Waals surface area contributed by atoms with E-state index in [0.717, 1.165) is 0 Å². The number of hydrogen-bond donors (Lipinski definition) is 4. The van der Waals surface area contributed by atoms with E-state index >= 15 is 0 Å². The molecule has 8 N–H and O–H groups in total. The maximum atomic E-state index is 9.50. The summed E-state index contributed by atoms with van der Waals surface area (Å²) >= 11 is 0. The van der Waals surface area contributed by atoms with E-state index in [1.165, 1.54) is 0 Å². The zero-order valence-electron chi connectivity index (χ0n) is 4.84. The molecule has 0 aliphatic heterocycles. The van der Waals surface area contributed by atoms with Crippen molar-refractivity contribution < 1.29 is 22.4 Å². The fraction of sp³-hybridized carbons (Fsp3) is 0. The summed E-state index contributed by atoms with van der Waals surface area (Å²) in [5, 5.41) is 18.5. The monoisotopic (exact) mass is 176 g/mol. The fourth-order valence-corrected chi connectivity index (χ4v) is 0.138. The molecule has 0 fully saturated rings.